The second-order valence-corrected chi connectivity index (χ2v) is 9.67. The van der Waals surface area contributed by atoms with Crippen LogP contribution in [-0.4, -0.2) is 55.6 Å². The van der Waals surface area contributed by atoms with Crippen LogP contribution in [0.15, 0.2) is 42.7 Å². The Morgan fingerprint density at radius 3 is 2.73 bits per heavy atom. The lowest BCUT2D eigenvalue weighted by atomic mass is 10.0. The van der Waals surface area contributed by atoms with Gasteiger partial charge in [0.15, 0.2) is 5.78 Å². The van der Waals surface area contributed by atoms with Crippen molar-refractivity contribution in [1.29, 1.82) is 0 Å². The Kier molecular flexibility index (Phi) is 7.62. The smallest absolute Gasteiger partial charge is 0.168 e. The zero-order valence-corrected chi connectivity index (χ0v) is 18.9. The van der Waals surface area contributed by atoms with Crippen molar-refractivity contribution in [2.75, 3.05) is 40.3 Å². The van der Waals surface area contributed by atoms with Crippen molar-refractivity contribution < 1.29 is 14.0 Å². The van der Waals surface area contributed by atoms with Gasteiger partial charge in [0.2, 0.25) is 0 Å². The summed E-state index contributed by atoms with van der Waals surface area (Å²) in [7, 11) is 4.58. The van der Waals surface area contributed by atoms with E-state index in [1.807, 2.05) is 12.1 Å². The fourth-order valence-corrected chi connectivity index (χ4v) is 4.21. The van der Waals surface area contributed by atoms with E-state index in [1.54, 1.807) is 18.5 Å². The molecule has 1 aromatic carbocycles. The van der Waals surface area contributed by atoms with E-state index in [1.165, 1.54) is 12.0 Å². The number of Topliss-reactive ketones (excluding diaryl/α,β-unsaturated/α-hetero) is 1. The number of nitrogens with one attached hydrogen (secondary N) is 1. The van der Waals surface area contributed by atoms with E-state index < -0.39 is 0 Å². The van der Waals surface area contributed by atoms with Gasteiger partial charge in [-0.2, -0.15) is 0 Å². The molecule has 0 aliphatic carbocycles. The van der Waals surface area contributed by atoms with Crippen LogP contribution in [-0.2, 0) is 13.0 Å². The van der Waals surface area contributed by atoms with E-state index in [0.717, 1.165) is 47.9 Å². The van der Waals surface area contributed by atoms with Crippen molar-refractivity contribution in [3.05, 3.63) is 59.4 Å². The van der Waals surface area contributed by atoms with Crippen molar-refractivity contribution in [1.82, 2.24) is 10.3 Å². The van der Waals surface area contributed by atoms with Crippen molar-refractivity contribution in [3.8, 4) is 5.75 Å². The molecule has 1 aliphatic heterocycles. The summed E-state index contributed by atoms with van der Waals surface area (Å²) in [4.78, 5) is 16.8. The van der Waals surface area contributed by atoms with E-state index in [9.17, 15) is 4.79 Å². The molecule has 0 spiro atoms. The first-order chi connectivity index (χ1) is 14.3. The number of carbonyl (C=O) groups excluding carboxylic acids is 1. The lowest BCUT2D eigenvalue weighted by Crippen LogP contribution is -2.43. The molecule has 2 heterocycles. The molecule has 1 atom stereocenters. The first-order valence-corrected chi connectivity index (χ1v) is 11.0. The highest BCUT2D eigenvalue weighted by Crippen LogP contribution is 2.23. The molecule has 1 saturated heterocycles. The molecule has 5 heteroatoms. The molecule has 0 saturated carbocycles. The molecule has 1 aliphatic rings. The zero-order valence-electron chi connectivity index (χ0n) is 18.9. The standard InChI is InChI=1S/C25H36N3O2/c1-19(2)18-30-24-11-21(13-25(29)23-6-5-8-26-15-23)10-22(12-24)17-28(3,4)16-20-7-9-27-14-20/h5-6,8,10-12,15,19-20,27H,7,9,13-14,16-18H2,1-4H3/q+1. The van der Waals surface area contributed by atoms with Crippen molar-refractivity contribution in [2.45, 2.75) is 33.2 Å². The third kappa shape index (κ3) is 6.92. The summed E-state index contributed by atoms with van der Waals surface area (Å²) in [5.41, 5.74) is 2.88. The Morgan fingerprint density at radius 1 is 1.27 bits per heavy atom. The maximum Gasteiger partial charge on any atom is 0.168 e. The maximum absolute atomic E-state index is 12.7. The minimum absolute atomic E-state index is 0.0841. The molecule has 1 unspecified atom stereocenters. The SMILES string of the molecule is CC(C)COc1cc(CC(=O)c2cccnc2)cc(C[N+](C)(C)CC2CCNC2)c1. The number of rotatable bonds is 10. The second-order valence-electron chi connectivity index (χ2n) is 9.67. The molecule has 2 aromatic rings. The van der Waals surface area contributed by atoms with Gasteiger partial charge >= 0.3 is 0 Å². The van der Waals surface area contributed by atoms with E-state index >= 15 is 0 Å². The van der Waals surface area contributed by atoms with Gasteiger partial charge in [-0.1, -0.05) is 13.8 Å². The lowest BCUT2D eigenvalue weighted by Gasteiger charge is -2.32. The first-order valence-electron chi connectivity index (χ1n) is 11.0. The number of ether oxygens (including phenoxy) is 1. The van der Waals surface area contributed by atoms with E-state index in [0.29, 0.717) is 24.5 Å². The van der Waals surface area contributed by atoms with Gasteiger partial charge in [0.05, 0.1) is 27.2 Å². The summed E-state index contributed by atoms with van der Waals surface area (Å²) < 4.78 is 6.97. The first kappa shape index (κ1) is 22.4. The van der Waals surface area contributed by atoms with Crippen LogP contribution in [0.25, 0.3) is 0 Å². The third-order valence-electron chi connectivity index (χ3n) is 5.48. The van der Waals surface area contributed by atoms with E-state index in [2.05, 4.69) is 50.4 Å². The summed E-state index contributed by atoms with van der Waals surface area (Å²) in [5.74, 6) is 2.13. The normalized spacial score (nSPS) is 16.8. The van der Waals surface area contributed by atoms with Crippen LogP contribution in [0.3, 0.4) is 0 Å². The molecule has 3 rings (SSSR count). The molecule has 0 bridgehead atoms. The van der Waals surface area contributed by atoms with Crippen LogP contribution in [0, 0.1) is 11.8 Å². The van der Waals surface area contributed by atoms with Crippen molar-refractivity contribution >= 4 is 5.78 Å². The highest BCUT2D eigenvalue weighted by molar-refractivity contribution is 5.97. The van der Waals surface area contributed by atoms with Crippen molar-refractivity contribution in [2.24, 2.45) is 11.8 Å². The van der Waals surface area contributed by atoms with Gasteiger partial charge in [0, 0.05) is 42.4 Å². The minimum Gasteiger partial charge on any atom is -0.493 e. The number of benzene rings is 1. The van der Waals surface area contributed by atoms with Crippen LogP contribution < -0.4 is 10.1 Å². The monoisotopic (exact) mass is 410 g/mol. The highest BCUT2D eigenvalue weighted by Gasteiger charge is 2.25. The van der Waals surface area contributed by atoms with Crippen LogP contribution >= 0.6 is 0 Å². The average Bonchev–Trinajstić information content (AvgIpc) is 3.18. The van der Waals surface area contributed by atoms with Gasteiger partial charge in [-0.15, -0.1) is 0 Å². The summed E-state index contributed by atoms with van der Waals surface area (Å²) in [5, 5.41) is 3.47. The third-order valence-corrected chi connectivity index (χ3v) is 5.48. The van der Waals surface area contributed by atoms with Gasteiger partial charge in [0.25, 0.3) is 0 Å². The van der Waals surface area contributed by atoms with Crippen LogP contribution in [0.2, 0.25) is 0 Å². The lowest BCUT2D eigenvalue weighted by molar-refractivity contribution is -0.906. The van der Waals surface area contributed by atoms with Gasteiger partial charge in [0.1, 0.15) is 12.3 Å². The number of pyridine rings is 1. The number of hydrogen-bond donors (Lipinski definition) is 1. The van der Waals surface area contributed by atoms with E-state index in [-0.39, 0.29) is 5.78 Å². The predicted molar refractivity (Wildman–Crippen MR) is 121 cm³/mol. The highest BCUT2D eigenvalue weighted by atomic mass is 16.5. The number of aromatic nitrogens is 1. The van der Waals surface area contributed by atoms with Crippen LogP contribution in [0.1, 0.15) is 41.8 Å². The molecule has 0 radical (unpaired) electrons. The summed E-state index contributed by atoms with van der Waals surface area (Å²) >= 11 is 0. The Hall–Kier alpha value is -2.24. The van der Waals surface area contributed by atoms with Gasteiger partial charge in [-0.25, -0.2) is 0 Å². The predicted octanol–water partition coefficient (Wildman–Crippen LogP) is 3.73. The molecule has 0 amide bonds. The Morgan fingerprint density at radius 2 is 2.07 bits per heavy atom. The van der Waals surface area contributed by atoms with Crippen molar-refractivity contribution in [3.63, 3.8) is 0 Å². The largest absolute Gasteiger partial charge is 0.493 e. The Bertz CT molecular complexity index is 828. The molecule has 1 aromatic heterocycles. The molecule has 30 heavy (non-hydrogen) atoms. The maximum atomic E-state index is 12.7. The second kappa shape index (κ2) is 10.2. The average molecular weight is 411 g/mol. The molecule has 5 nitrogen and oxygen atoms in total. The zero-order chi connectivity index (χ0) is 21.6. The number of ketones is 1. The number of nitrogens with zero attached hydrogens (tertiary/aromatic N) is 2. The number of quaternary nitrogens is 1. The topological polar surface area (TPSA) is 51.2 Å². The van der Waals surface area contributed by atoms with Gasteiger partial charge in [-0.05, 0) is 54.8 Å². The van der Waals surface area contributed by atoms with E-state index in [4.69, 9.17) is 4.74 Å². The Balaban J connectivity index is 1.77. The molecular formula is C25H36N3O2+. The minimum atomic E-state index is 0.0841. The fraction of sp³-hybridized carbons (Fsp3) is 0.520. The number of hydrogen-bond acceptors (Lipinski definition) is 4. The Labute approximate surface area is 181 Å². The van der Waals surface area contributed by atoms with Gasteiger partial charge in [-0.3, -0.25) is 9.78 Å². The van der Waals surface area contributed by atoms with Crippen LogP contribution in [0.4, 0.5) is 0 Å². The summed E-state index contributed by atoms with van der Waals surface area (Å²) in [6, 6.07) is 9.96. The van der Waals surface area contributed by atoms with Crippen LogP contribution in [0.5, 0.6) is 5.75 Å². The molecule has 1 fully saturated rings. The summed E-state index contributed by atoms with van der Waals surface area (Å²) in [6.45, 7) is 9.27. The summed E-state index contributed by atoms with van der Waals surface area (Å²) in [6.07, 6.45) is 4.94. The molecular weight excluding hydrogens is 374 g/mol. The quantitative estimate of drug-likeness (QED) is 0.479. The molecule has 1 N–H and O–H groups in total. The fourth-order valence-electron chi connectivity index (χ4n) is 4.21. The number of carbonyl (C=O) groups is 1. The van der Waals surface area contributed by atoms with Gasteiger partial charge < -0.3 is 14.5 Å². The molecule has 162 valence electrons.